The highest BCUT2D eigenvalue weighted by Crippen LogP contribution is 2.27. The molecule has 0 fully saturated rings. The summed E-state index contributed by atoms with van der Waals surface area (Å²) < 4.78 is 65.3. The van der Waals surface area contributed by atoms with Crippen LogP contribution in [0.15, 0.2) is 59.4 Å². The second kappa shape index (κ2) is 6.73. The van der Waals surface area contributed by atoms with E-state index in [9.17, 15) is 26.4 Å². The van der Waals surface area contributed by atoms with Crippen molar-refractivity contribution in [3.8, 4) is 11.3 Å². The summed E-state index contributed by atoms with van der Waals surface area (Å²) in [6.45, 7) is 1.76. The molecule has 0 amide bonds. The number of nitrogens with zero attached hydrogens (tertiary/aromatic N) is 1. The van der Waals surface area contributed by atoms with Crippen molar-refractivity contribution in [2.24, 2.45) is 0 Å². The number of aromatic nitrogens is 1. The standard InChI is InChI=1S/C18H14F3NO4S/c1-2-12-9-16(15-8-7-13-5-3-4-6-14(13)11-15)22(17(23)10-12)26-27(24,25)18(19,20)21/h3-11H,2H2,1H3. The lowest BCUT2D eigenvalue weighted by atomic mass is 10.0. The van der Waals surface area contributed by atoms with Gasteiger partial charge in [-0.25, -0.2) is 0 Å². The van der Waals surface area contributed by atoms with Gasteiger partial charge in [-0.1, -0.05) is 43.3 Å². The van der Waals surface area contributed by atoms with E-state index in [1.165, 1.54) is 6.07 Å². The highest BCUT2D eigenvalue weighted by Gasteiger charge is 2.49. The van der Waals surface area contributed by atoms with Crippen LogP contribution in [0.4, 0.5) is 13.2 Å². The zero-order chi connectivity index (χ0) is 19.8. The number of alkyl halides is 3. The molecule has 0 saturated carbocycles. The van der Waals surface area contributed by atoms with Crippen LogP contribution in [0, 0.1) is 0 Å². The Morgan fingerprint density at radius 3 is 2.30 bits per heavy atom. The third kappa shape index (κ3) is 3.68. The van der Waals surface area contributed by atoms with Gasteiger partial charge < -0.3 is 0 Å². The quantitative estimate of drug-likeness (QED) is 0.632. The van der Waals surface area contributed by atoms with Crippen molar-refractivity contribution in [3.05, 3.63) is 70.5 Å². The lowest BCUT2D eigenvalue weighted by molar-refractivity contribution is -0.0548. The Morgan fingerprint density at radius 2 is 1.67 bits per heavy atom. The lowest BCUT2D eigenvalue weighted by Crippen LogP contribution is -2.38. The van der Waals surface area contributed by atoms with Crippen molar-refractivity contribution in [3.63, 3.8) is 0 Å². The first-order chi connectivity index (χ1) is 12.6. The van der Waals surface area contributed by atoms with Crippen LogP contribution in [0.1, 0.15) is 12.5 Å². The van der Waals surface area contributed by atoms with Gasteiger partial charge in [-0.05, 0) is 34.9 Å². The highest BCUT2D eigenvalue weighted by molar-refractivity contribution is 7.87. The first-order valence-electron chi connectivity index (χ1n) is 7.89. The number of hydrogen-bond acceptors (Lipinski definition) is 4. The molecule has 0 aliphatic heterocycles. The molecule has 0 aliphatic carbocycles. The molecule has 0 bridgehead atoms. The Hall–Kier alpha value is -2.81. The number of pyridine rings is 1. The molecular formula is C18H14F3NO4S. The monoisotopic (exact) mass is 397 g/mol. The van der Waals surface area contributed by atoms with Crippen LogP contribution in [0.5, 0.6) is 0 Å². The molecule has 3 rings (SSSR count). The molecular weight excluding hydrogens is 383 g/mol. The average molecular weight is 397 g/mol. The fraction of sp³-hybridized carbons (Fsp3) is 0.167. The zero-order valence-electron chi connectivity index (χ0n) is 14.0. The molecule has 5 nitrogen and oxygen atoms in total. The first kappa shape index (κ1) is 19.0. The topological polar surface area (TPSA) is 65.4 Å². The van der Waals surface area contributed by atoms with Crippen molar-refractivity contribution < 1.29 is 25.9 Å². The Kier molecular flexibility index (Phi) is 4.73. The van der Waals surface area contributed by atoms with Crippen LogP contribution in [-0.4, -0.2) is 18.7 Å². The number of aryl methyl sites for hydroxylation is 1. The smallest absolute Gasteiger partial charge is 0.277 e. The van der Waals surface area contributed by atoms with Crippen LogP contribution in [0.25, 0.3) is 22.0 Å². The number of rotatable bonds is 4. The first-order valence-corrected chi connectivity index (χ1v) is 9.29. The van der Waals surface area contributed by atoms with E-state index in [1.54, 1.807) is 37.3 Å². The fourth-order valence-electron chi connectivity index (χ4n) is 2.58. The molecule has 0 saturated heterocycles. The van der Waals surface area contributed by atoms with E-state index in [0.29, 0.717) is 17.5 Å². The molecule has 3 aromatic rings. The maximum absolute atomic E-state index is 12.7. The van der Waals surface area contributed by atoms with Crippen LogP contribution >= 0.6 is 0 Å². The predicted octanol–water partition coefficient (Wildman–Crippen LogP) is 3.51. The minimum absolute atomic E-state index is 0.0853. The van der Waals surface area contributed by atoms with Gasteiger partial charge in [0.15, 0.2) is 0 Å². The second-order valence-electron chi connectivity index (χ2n) is 5.77. The number of hydrogen-bond donors (Lipinski definition) is 0. The SMILES string of the molecule is CCc1cc(-c2ccc3ccccc3c2)n(OS(=O)(=O)C(F)(F)F)c(=O)c1. The van der Waals surface area contributed by atoms with Gasteiger partial charge in [0.25, 0.3) is 5.56 Å². The molecule has 1 aromatic heterocycles. The summed E-state index contributed by atoms with van der Waals surface area (Å²) >= 11 is 0. The Labute approximate surface area is 152 Å². The molecule has 2 aromatic carbocycles. The van der Waals surface area contributed by atoms with Gasteiger partial charge in [-0.3, -0.25) is 9.08 Å². The van der Waals surface area contributed by atoms with Crippen LogP contribution < -0.4 is 9.84 Å². The van der Waals surface area contributed by atoms with Gasteiger partial charge in [0.05, 0.1) is 5.69 Å². The van der Waals surface area contributed by atoms with Crippen molar-refractivity contribution in [1.29, 1.82) is 0 Å². The van der Waals surface area contributed by atoms with Gasteiger partial charge in [0.2, 0.25) is 0 Å². The Morgan fingerprint density at radius 1 is 1.00 bits per heavy atom. The Bertz CT molecular complexity index is 1170. The van der Waals surface area contributed by atoms with E-state index in [0.717, 1.165) is 16.8 Å². The maximum atomic E-state index is 12.7. The lowest BCUT2D eigenvalue weighted by Gasteiger charge is -2.16. The summed E-state index contributed by atoms with van der Waals surface area (Å²) in [5.74, 6) is 0. The van der Waals surface area contributed by atoms with Gasteiger partial charge in [0, 0.05) is 11.6 Å². The van der Waals surface area contributed by atoms with E-state index in [-0.39, 0.29) is 10.4 Å². The molecule has 1 heterocycles. The van der Waals surface area contributed by atoms with E-state index >= 15 is 0 Å². The van der Waals surface area contributed by atoms with Crippen molar-refractivity contribution >= 4 is 20.9 Å². The third-order valence-electron chi connectivity index (χ3n) is 3.96. The second-order valence-corrected chi connectivity index (χ2v) is 7.29. The van der Waals surface area contributed by atoms with Gasteiger partial charge in [0.1, 0.15) is 0 Å². The predicted molar refractivity (Wildman–Crippen MR) is 94.6 cm³/mol. The summed E-state index contributed by atoms with van der Waals surface area (Å²) in [6, 6.07) is 14.7. The molecule has 0 spiro atoms. The van der Waals surface area contributed by atoms with E-state index in [4.69, 9.17) is 0 Å². The molecule has 0 aliphatic rings. The van der Waals surface area contributed by atoms with E-state index in [2.05, 4.69) is 4.28 Å². The average Bonchev–Trinajstić information content (AvgIpc) is 2.61. The fourth-order valence-corrected chi connectivity index (χ4v) is 3.02. The maximum Gasteiger partial charge on any atom is 0.536 e. The Balaban J connectivity index is 2.23. The molecule has 0 radical (unpaired) electrons. The number of halogens is 3. The van der Waals surface area contributed by atoms with Gasteiger partial charge in [-0.2, -0.15) is 21.6 Å². The summed E-state index contributed by atoms with van der Waals surface area (Å²) in [4.78, 5) is 12.3. The van der Waals surface area contributed by atoms with Gasteiger partial charge in [-0.15, -0.1) is 4.73 Å². The minimum atomic E-state index is -6.00. The van der Waals surface area contributed by atoms with Crippen LogP contribution in [0.3, 0.4) is 0 Å². The normalized spacial score (nSPS) is 12.3. The largest absolute Gasteiger partial charge is 0.536 e. The van der Waals surface area contributed by atoms with Crippen molar-refractivity contribution in [2.75, 3.05) is 0 Å². The van der Waals surface area contributed by atoms with E-state index in [1.807, 2.05) is 12.1 Å². The summed E-state index contributed by atoms with van der Waals surface area (Å²) in [5, 5.41) is 1.65. The summed E-state index contributed by atoms with van der Waals surface area (Å²) in [7, 11) is -6.00. The summed E-state index contributed by atoms with van der Waals surface area (Å²) in [6.07, 6.45) is 0.433. The van der Waals surface area contributed by atoms with Crippen LogP contribution in [0.2, 0.25) is 0 Å². The molecule has 0 N–H and O–H groups in total. The zero-order valence-corrected chi connectivity index (χ0v) is 14.8. The number of benzene rings is 2. The summed E-state index contributed by atoms with van der Waals surface area (Å²) in [5.41, 5.74) is -5.87. The minimum Gasteiger partial charge on any atom is -0.277 e. The highest BCUT2D eigenvalue weighted by atomic mass is 32.2. The van der Waals surface area contributed by atoms with E-state index < -0.39 is 21.2 Å². The van der Waals surface area contributed by atoms with Gasteiger partial charge >= 0.3 is 15.6 Å². The van der Waals surface area contributed by atoms with Crippen LogP contribution in [-0.2, 0) is 16.5 Å². The molecule has 142 valence electrons. The third-order valence-corrected chi connectivity index (χ3v) is 4.87. The van der Waals surface area contributed by atoms with Crippen molar-refractivity contribution in [1.82, 2.24) is 4.73 Å². The number of fused-ring (bicyclic) bond motifs is 1. The molecule has 9 heteroatoms. The van der Waals surface area contributed by atoms with Crippen molar-refractivity contribution in [2.45, 2.75) is 18.9 Å². The molecule has 27 heavy (non-hydrogen) atoms. The molecule has 0 unspecified atom stereocenters. The molecule has 0 atom stereocenters.